The van der Waals surface area contributed by atoms with E-state index in [9.17, 15) is 0 Å². The fraction of sp³-hybridized carbons (Fsp3) is 0. The van der Waals surface area contributed by atoms with Gasteiger partial charge in [-0.2, -0.15) is 9.59 Å². The van der Waals surface area contributed by atoms with E-state index < -0.39 is 0 Å². The predicted molar refractivity (Wildman–Crippen MR) is 20.0 cm³/mol. The van der Waals surface area contributed by atoms with Crippen LogP contribution in [0.15, 0.2) is 0 Å². The first-order valence-electron chi connectivity index (χ1n) is 0.408. The Hall–Kier alpha value is -1.04. The molecule has 0 amide bonds. The Morgan fingerprint density at radius 1 is 0.556 bits per heavy atom. The SMILES string of the molecule is F.F.F.F.F.F.O=C=O. The number of hydrogen-bond acceptors (Lipinski definition) is 2. The van der Waals surface area contributed by atoms with E-state index >= 15 is 0 Å². The van der Waals surface area contributed by atoms with Crippen molar-refractivity contribution in [1.29, 1.82) is 0 Å². The van der Waals surface area contributed by atoms with E-state index in [1.54, 1.807) is 0 Å². The Bertz CT molecular complexity index is 32.0. The fourth-order valence-electron chi connectivity index (χ4n) is 0. The molecule has 0 aliphatic rings. The Kier molecular flexibility index (Phi) is 7180000. The Labute approximate surface area is 45.4 Å². The first kappa shape index (κ1) is 418. The van der Waals surface area contributed by atoms with Gasteiger partial charge in [0.2, 0.25) is 0 Å². The molecule has 0 aromatic rings. The normalized spacial score (nSPS) is 0.889. The average molecular weight is 164 g/mol. The molecule has 0 spiro atoms. The van der Waals surface area contributed by atoms with Crippen molar-refractivity contribution in [2.45, 2.75) is 0 Å². The summed E-state index contributed by atoms with van der Waals surface area (Å²) in [4.78, 5) is 16.2. The molecule has 0 radical (unpaired) electrons. The van der Waals surface area contributed by atoms with Gasteiger partial charge in [-0.15, -0.1) is 0 Å². The third-order valence-electron chi connectivity index (χ3n) is 0. The van der Waals surface area contributed by atoms with Gasteiger partial charge in [0.15, 0.2) is 0 Å². The van der Waals surface area contributed by atoms with Crippen molar-refractivity contribution in [2.75, 3.05) is 0 Å². The summed E-state index contributed by atoms with van der Waals surface area (Å²) in [6, 6.07) is 0. The van der Waals surface area contributed by atoms with Crippen molar-refractivity contribution in [3.8, 4) is 0 Å². The summed E-state index contributed by atoms with van der Waals surface area (Å²) in [7, 11) is 0. The van der Waals surface area contributed by atoms with Gasteiger partial charge in [0.1, 0.15) is 0 Å². The lowest BCUT2D eigenvalue weighted by molar-refractivity contribution is -0.191. The second-order valence-corrected chi connectivity index (χ2v) is 0.0833. The van der Waals surface area contributed by atoms with Gasteiger partial charge in [-0.25, -0.2) is 0 Å². The van der Waals surface area contributed by atoms with Gasteiger partial charge in [0.25, 0.3) is 0 Å². The smallest absolute Gasteiger partial charge is 0.269 e. The van der Waals surface area contributed by atoms with E-state index in [0.29, 0.717) is 0 Å². The molecule has 0 aliphatic heterocycles. The highest BCUT2D eigenvalue weighted by atomic mass is 19.0. The van der Waals surface area contributed by atoms with E-state index in [1.165, 1.54) is 0 Å². The molecule has 0 atom stereocenters. The molecule has 0 saturated carbocycles. The summed E-state index contributed by atoms with van der Waals surface area (Å²) in [5.41, 5.74) is 0. The molecule has 0 N–H and O–H groups in total. The topological polar surface area (TPSA) is 34.1 Å². The van der Waals surface area contributed by atoms with E-state index in [0.717, 1.165) is 0 Å². The lowest BCUT2D eigenvalue weighted by atomic mass is 11.8. The van der Waals surface area contributed by atoms with Crippen LogP contribution in [0.1, 0.15) is 0 Å². The summed E-state index contributed by atoms with van der Waals surface area (Å²) in [5.74, 6) is 0. The minimum Gasteiger partial charge on any atom is -0.269 e. The molecular weight excluding hydrogens is 158 g/mol. The van der Waals surface area contributed by atoms with Crippen LogP contribution in [0.5, 0.6) is 0 Å². The largest absolute Gasteiger partial charge is 0.373 e. The summed E-state index contributed by atoms with van der Waals surface area (Å²) in [6.07, 6.45) is 0.250. The van der Waals surface area contributed by atoms with Crippen LogP contribution in [-0.4, -0.2) is 6.15 Å². The van der Waals surface area contributed by atoms with Crippen molar-refractivity contribution >= 4 is 6.15 Å². The lowest BCUT2D eigenvalue weighted by Crippen LogP contribution is -1.22. The highest BCUT2D eigenvalue weighted by Gasteiger charge is 1.13. The van der Waals surface area contributed by atoms with Crippen molar-refractivity contribution in [2.24, 2.45) is 0 Å². The average Bonchev–Trinajstić information content (AvgIpc) is 0.918. The van der Waals surface area contributed by atoms with Gasteiger partial charge >= 0.3 is 6.15 Å². The summed E-state index contributed by atoms with van der Waals surface area (Å²) >= 11 is 0. The summed E-state index contributed by atoms with van der Waals surface area (Å²) in [5, 5.41) is 0. The third-order valence-corrected chi connectivity index (χ3v) is 0. The first-order valence-corrected chi connectivity index (χ1v) is 0.408. The van der Waals surface area contributed by atoms with Crippen LogP contribution < -0.4 is 0 Å². The van der Waals surface area contributed by atoms with Crippen LogP contribution in [0.25, 0.3) is 0 Å². The van der Waals surface area contributed by atoms with Crippen LogP contribution in [0.3, 0.4) is 0 Å². The van der Waals surface area contributed by atoms with Gasteiger partial charge in [-0.05, 0) is 0 Å². The Morgan fingerprint density at radius 2 is 0.556 bits per heavy atom. The molecule has 0 rings (SSSR count). The van der Waals surface area contributed by atoms with E-state index in [-0.39, 0.29) is 34.4 Å². The molecule has 0 bridgehead atoms. The van der Waals surface area contributed by atoms with E-state index in [2.05, 4.69) is 0 Å². The first-order chi connectivity index (χ1) is 1.41. The molecule has 0 saturated heterocycles. The van der Waals surface area contributed by atoms with Crippen molar-refractivity contribution < 1.29 is 37.8 Å². The van der Waals surface area contributed by atoms with Crippen LogP contribution in [0.2, 0.25) is 0 Å². The maximum atomic E-state index is 8.12. The Balaban J connectivity index is -0.00000000133. The molecule has 0 aromatic heterocycles. The predicted octanol–water partition coefficient (Wildman–Crippen LogP) is 0.331. The molecule has 8 heteroatoms. The van der Waals surface area contributed by atoms with Crippen molar-refractivity contribution in [1.82, 2.24) is 0 Å². The van der Waals surface area contributed by atoms with Gasteiger partial charge in [-0.3, -0.25) is 28.2 Å². The molecule has 9 heavy (non-hydrogen) atoms. The number of carbonyl (C=O) groups excluding carboxylic acids is 2. The molecule has 0 heterocycles. The van der Waals surface area contributed by atoms with Crippen LogP contribution in [0.4, 0.5) is 28.2 Å². The fourth-order valence-corrected chi connectivity index (χ4v) is 0. The van der Waals surface area contributed by atoms with Gasteiger partial charge in [-0.1, -0.05) is 0 Å². The minimum atomic E-state index is 0. The quantitative estimate of drug-likeness (QED) is 0.483. The maximum Gasteiger partial charge on any atom is 0.373 e. The zero-order valence-electron chi connectivity index (χ0n) is 3.77. The number of halogens is 6. The molecule has 0 aliphatic carbocycles. The van der Waals surface area contributed by atoms with Crippen LogP contribution in [0, 0.1) is 0 Å². The standard InChI is InChI=1S/CO2.6FH/c2-1-3;;;;;;/h;6*1H. The zero-order valence-corrected chi connectivity index (χ0v) is 3.77. The summed E-state index contributed by atoms with van der Waals surface area (Å²) < 4.78 is 0. The summed E-state index contributed by atoms with van der Waals surface area (Å²) in [6.45, 7) is 0. The van der Waals surface area contributed by atoms with Crippen molar-refractivity contribution in [3.63, 3.8) is 0 Å². The van der Waals surface area contributed by atoms with Gasteiger partial charge in [0.05, 0.1) is 0 Å². The highest BCUT2D eigenvalue weighted by molar-refractivity contribution is 5.20. The molecule has 0 unspecified atom stereocenters. The van der Waals surface area contributed by atoms with Gasteiger partial charge < -0.3 is 0 Å². The molecular formula is CH6F6O2. The van der Waals surface area contributed by atoms with E-state index in [4.69, 9.17) is 9.59 Å². The second-order valence-electron chi connectivity index (χ2n) is 0.0833. The molecule has 0 aromatic carbocycles. The molecule has 0 fully saturated rings. The monoisotopic (exact) mass is 164 g/mol. The van der Waals surface area contributed by atoms with Gasteiger partial charge in [0, 0.05) is 0 Å². The number of hydrogen-bond donors (Lipinski definition) is 0. The van der Waals surface area contributed by atoms with E-state index in [1.807, 2.05) is 0 Å². The van der Waals surface area contributed by atoms with Crippen LogP contribution >= 0.6 is 0 Å². The zero-order chi connectivity index (χ0) is 2.71. The van der Waals surface area contributed by atoms with Crippen molar-refractivity contribution in [3.05, 3.63) is 0 Å². The third kappa shape index (κ3) is 158. The highest BCUT2D eigenvalue weighted by Crippen LogP contribution is 0.787. The Morgan fingerprint density at radius 3 is 0.556 bits per heavy atom. The lowest BCUT2D eigenvalue weighted by Gasteiger charge is -0.945. The minimum absolute atomic E-state index is 0. The number of rotatable bonds is 0. The van der Waals surface area contributed by atoms with Crippen LogP contribution in [-0.2, 0) is 9.59 Å². The molecule has 64 valence electrons. The maximum absolute atomic E-state index is 8.12. The second kappa shape index (κ2) is 155000. The molecule has 2 nitrogen and oxygen atoms in total.